The van der Waals surface area contributed by atoms with Crippen molar-refractivity contribution in [3.63, 3.8) is 0 Å². The molecule has 6 heteroatoms. The zero-order valence-electron chi connectivity index (χ0n) is 10.9. The van der Waals surface area contributed by atoms with Crippen LogP contribution in [-0.4, -0.2) is 30.6 Å². The maximum Gasteiger partial charge on any atom is 0.294 e. The molecule has 1 saturated heterocycles. The van der Waals surface area contributed by atoms with Crippen LogP contribution >= 0.6 is 11.6 Å². The maximum atomic E-state index is 11.2. The molecule has 1 aromatic carbocycles. The van der Waals surface area contributed by atoms with E-state index in [-0.39, 0.29) is 16.7 Å². The molecule has 0 saturated carbocycles. The highest BCUT2D eigenvalue weighted by Crippen LogP contribution is 2.37. The van der Waals surface area contributed by atoms with E-state index in [9.17, 15) is 10.1 Å². The second-order valence-corrected chi connectivity index (χ2v) is 5.11. The van der Waals surface area contributed by atoms with Gasteiger partial charge >= 0.3 is 0 Å². The SMILES string of the molecule is CCCN(c1c(Cl)cccc1[N+](=O)[O-])C1CCNC1. The third-order valence-electron chi connectivity index (χ3n) is 3.39. The quantitative estimate of drug-likeness (QED) is 0.667. The highest BCUT2D eigenvalue weighted by Gasteiger charge is 2.29. The Hall–Kier alpha value is -1.33. The zero-order valence-corrected chi connectivity index (χ0v) is 11.7. The second-order valence-electron chi connectivity index (χ2n) is 4.70. The molecule has 1 unspecified atom stereocenters. The van der Waals surface area contributed by atoms with Gasteiger partial charge in [-0.15, -0.1) is 0 Å². The Bertz CT molecular complexity index is 461. The van der Waals surface area contributed by atoms with Gasteiger partial charge in [0.2, 0.25) is 0 Å². The van der Waals surface area contributed by atoms with E-state index in [1.165, 1.54) is 6.07 Å². The predicted octanol–water partition coefficient (Wildman–Crippen LogP) is 2.83. The normalized spacial score (nSPS) is 18.5. The Balaban J connectivity index is 2.42. The summed E-state index contributed by atoms with van der Waals surface area (Å²) in [7, 11) is 0. The van der Waals surface area contributed by atoms with Crippen molar-refractivity contribution in [2.75, 3.05) is 24.5 Å². The fraction of sp³-hybridized carbons (Fsp3) is 0.538. The molecule has 2 rings (SSSR count). The van der Waals surface area contributed by atoms with Crippen LogP contribution in [0.4, 0.5) is 11.4 Å². The van der Waals surface area contributed by atoms with Gasteiger partial charge in [0.1, 0.15) is 5.69 Å². The molecule has 5 nitrogen and oxygen atoms in total. The molecule has 0 aliphatic carbocycles. The van der Waals surface area contributed by atoms with Gasteiger partial charge in [-0.3, -0.25) is 10.1 Å². The van der Waals surface area contributed by atoms with Crippen LogP contribution in [0.15, 0.2) is 18.2 Å². The number of nitro benzene ring substituents is 1. The maximum absolute atomic E-state index is 11.2. The zero-order chi connectivity index (χ0) is 13.8. The first kappa shape index (κ1) is 14.1. The smallest absolute Gasteiger partial charge is 0.294 e. The van der Waals surface area contributed by atoms with Crippen LogP contribution in [0.2, 0.25) is 5.02 Å². The van der Waals surface area contributed by atoms with E-state index in [0.717, 1.165) is 32.5 Å². The van der Waals surface area contributed by atoms with E-state index in [2.05, 4.69) is 17.1 Å². The summed E-state index contributed by atoms with van der Waals surface area (Å²) in [5.41, 5.74) is 0.651. The molecular weight excluding hydrogens is 266 g/mol. The van der Waals surface area contributed by atoms with E-state index in [4.69, 9.17) is 11.6 Å². The third-order valence-corrected chi connectivity index (χ3v) is 3.69. The summed E-state index contributed by atoms with van der Waals surface area (Å²) in [6.45, 7) is 4.64. The largest absolute Gasteiger partial charge is 0.360 e. The lowest BCUT2D eigenvalue weighted by Gasteiger charge is -2.30. The third kappa shape index (κ3) is 2.98. The Labute approximate surface area is 117 Å². The fourth-order valence-electron chi connectivity index (χ4n) is 2.56. The van der Waals surface area contributed by atoms with Gasteiger partial charge in [0.25, 0.3) is 5.69 Å². The Kier molecular flexibility index (Phi) is 4.61. The lowest BCUT2D eigenvalue weighted by molar-refractivity contribution is -0.384. The number of rotatable bonds is 5. The Morgan fingerprint density at radius 2 is 2.37 bits per heavy atom. The number of anilines is 1. The van der Waals surface area contributed by atoms with E-state index in [1.807, 2.05) is 0 Å². The molecule has 0 aromatic heterocycles. The summed E-state index contributed by atoms with van der Waals surface area (Å²) >= 11 is 6.22. The van der Waals surface area contributed by atoms with Crippen LogP contribution in [0.25, 0.3) is 0 Å². The molecule has 1 heterocycles. The highest BCUT2D eigenvalue weighted by atomic mass is 35.5. The number of para-hydroxylation sites is 1. The molecule has 104 valence electrons. The van der Waals surface area contributed by atoms with Crippen molar-refractivity contribution < 1.29 is 4.92 Å². The van der Waals surface area contributed by atoms with Gasteiger partial charge < -0.3 is 10.2 Å². The van der Waals surface area contributed by atoms with Gasteiger partial charge in [-0.2, -0.15) is 0 Å². The molecule has 19 heavy (non-hydrogen) atoms. The summed E-state index contributed by atoms with van der Waals surface area (Å²) < 4.78 is 0. The first-order valence-electron chi connectivity index (χ1n) is 6.55. The number of nitrogens with one attached hydrogen (secondary N) is 1. The first-order valence-corrected chi connectivity index (χ1v) is 6.93. The molecule has 0 bridgehead atoms. The van der Waals surface area contributed by atoms with Crippen LogP contribution < -0.4 is 10.2 Å². The van der Waals surface area contributed by atoms with Crippen molar-refractivity contribution in [1.29, 1.82) is 0 Å². The molecule has 1 N–H and O–H groups in total. The van der Waals surface area contributed by atoms with Gasteiger partial charge in [0.15, 0.2) is 0 Å². The minimum absolute atomic E-state index is 0.0906. The van der Waals surface area contributed by atoms with Crippen molar-refractivity contribution in [3.05, 3.63) is 33.3 Å². The standard InChI is InChI=1S/C13H18ClN3O2/c1-2-8-16(10-6-7-15-9-10)13-11(14)4-3-5-12(13)17(18)19/h3-5,10,15H,2,6-9H2,1H3. The van der Waals surface area contributed by atoms with Crippen molar-refractivity contribution in [3.8, 4) is 0 Å². The summed E-state index contributed by atoms with van der Waals surface area (Å²) in [6, 6.07) is 5.14. The molecule has 1 fully saturated rings. The van der Waals surface area contributed by atoms with Crippen LogP contribution in [0.3, 0.4) is 0 Å². The molecule has 0 radical (unpaired) electrons. The number of benzene rings is 1. The molecule has 1 aromatic rings. The number of nitrogens with zero attached hydrogens (tertiary/aromatic N) is 2. The van der Waals surface area contributed by atoms with Crippen LogP contribution in [0, 0.1) is 10.1 Å². The highest BCUT2D eigenvalue weighted by molar-refractivity contribution is 6.33. The minimum atomic E-state index is -0.355. The van der Waals surface area contributed by atoms with Crippen molar-refractivity contribution >= 4 is 23.0 Å². The van der Waals surface area contributed by atoms with Crippen LogP contribution in [-0.2, 0) is 0 Å². The fourth-order valence-corrected chi connectivity index (χ4v) is 2.84. The molecule has 1 aliphatic rings. The first-order chi connectivity index (χ1) is 9.15. The molecular formula is C13H18ClN3O2. The number of hydrogen-bond acceptors (Lipinski definition) is 4. The molecule has 0 spiro atoms. The molecule has 1 atom stereocenters. The molecule has 0 amide bonds. The monoisotopic (exact) mass is 283 g/mol. The van der Waals surface area contributed by atoms with E-state index in [1.54, 1.807) is 12.1 Å². The van der Waals surface area contributed by atoms with Crippen molar-refractivity contribution in [1.82, 2.24) is 5.32 Å². The Morgan fingerprint density at radius 3 is 2.95 bits per heavy atom. The summed E-state index contributed by atoms with van der Waals surface area (Å²) in [6.07, 6.45) is 1.92. The average Bonchev–Trinajstić information content (AvgIpc) is 2.89. The summed E-state index contributed by atoms with van der Waals surface area (Å²) in [4.78, 5) is 12.9. The number of hydrogen-bond donors (Lipinski definition) is 1. The van der Waals surface area contributed by atoms with Crippen LogP contribution in [0.5, 0.6) is 0 Å². The topological polar surface area (TPSA) is 58.4 Å². The minimum Gasteiger partial charge on any atom is -0.360 e. The van der Waals surface area contributed by atoms with E-state index in [0.29, 0.717) is 10.7 Å². The van der Waals surface area contributed by atoms with Gasteiger partial charge in [0.05, 0.1) is 9.95 Å². The molecule has 1 aliphatic heterocycles. The van der Waals surface area contributed by atoms with Gasteiger partial charge in [0, 0.05) is 25.2 Å². The number of halogens is 1. The lowest BCUT2D eigenvalue weighted by Crippen LogP contribution is -2.38. The van der Waals surface area contributed by atoms with Crippen molar-refractivity contribution in [2.45, 2.75) is 25.8 Å². The summed E-state index contributed by atoms with van der Waals surface area (Å²) in [5, 5.41) is 14.9. The van der Waals surface area contributed by atoms with E-state index < -0.39 is 0 Å². The van der Waals surface area contributed by atoms with Crippen LogP contribution in [0.1, 0.15) is 19.8 Å². The predicted molar refractivity (Wildman–Crippen MR) is 77.0 cm³/mol. The Morgan fingerprint density at radius 1 is 1.58 bits per heavy atom. The van der Waals surface area contributed by atoms with Crippen molar-refractivity contribution in [2.24, 2.45) is 0 Å². The average molecular weight is 284 g/mol. The van der Waals surface area contributed by atoms with Gasteiger partial charge in [-0.05, 0) is 25.5 Å². The van der Waals surface area contributed by atoms with Gasteiger partial charge in [-0.25, -0.2) is 0 Å². The number of nitro groups is 1. The summed E-state index contributed by atoms with van der Waals surface area (Å²) in [5.74, 6) is 0. The van der Waals surface area contributed by atoms with E-state index >= 15 is 0 Å². The van der Waals surface area contributed by atoms with Gasteiger partial charge in [-0.1, -0.05) is 24.6 Å². The second kappa shape index (κ2) is 6.21. The lowest BCUT2D eigenvalue weighted by atomic mass is 10.1.